The predicted octanol–water partition coefficient (Wildman–Crippen LogP) is 5.35. The van der Waals surface area contributed by atoms with Crippen molar-refractivity contribution in [3.63, 3.8) is 0 Å². The second kappa shape index (κ2) is 10.8. The molecule has 0 aliphatic heterocycles. The lowest BCUT2D eigenvalue weighted by Gasteiger charge is -2.19. The van der Waals surface area contributed by atoms with Crippen molar-refractivity contribution >= 4 is 17.6 Å². The summed E-state index contributed by atoms with van der Waals surface area (Å²) in [6.45, 7) is 12.3. The molecule has 6 heteroatoms. The molecule has 0 saturated heterocycles. The average Bonchev–Trinajstić information content (AvgIpc) is 2.72. The van der Waals surface area contributed by atoms with Crippen molar-refractivity contribution < 1.29 is 23.8 Å². The van der Waals surface area contributed by atoms with Crippen molar-refractivity contribution in [1.82, 2.24) is 0 Å². The summed E-state index contributed by atoms with van der Waals surface area (Å²) in [6, 6.07) is 10.7. The van der Waals surface area contributed by atoms with Crippen LogP contribution in [0, 0.1) is 12.8 Å². The maximum Gasteiger partial charge on any atom is 0.339 e. The Morgan fingerprint density at radius 3 is 2.32 bits per heavy atom. The molecule has 1 amide bonds. The Morgan fingerprint density at radius 2 is 1.71 bits per heavy atom. The Bertz CT molecular complexity index is 920. The molecule has 0 saturated carbocycles. The van der Waals surface area contributed by atoms with E-state index in [1.54, 1.807) is 25.1 Å². The first kappa shape index (κ1) is 24.3. The number of amides is 1. The molecule has 0 bridgehead atoms. The van der Waals surface area contributed by atoms with E-state index in [4.69, 9.17) is 14.2 Å². The molecule has 0 aliphatic rings. The van der Waals surface area contributed by atoms with Gasteiger partial charge in [-0.25, -0.2) is 4.79 Å². The molecule has 0 radical (unpaired) electrons. The molecule has 2 aromatic carbocycles. The van der Waals surface area contributed by atoms with E-state index in [-0.39, 0.29) is 17.4 Å². The van der Waals surface area contributed by atoms with Gasteiger partial charge in [0.15, 0.2) is 17.6 Å². The highest BCUT2D eigenvalue weighted by Crippen LogP contribution is 2.30. The Balaban J connectivity index is 2.09. The molecule has 0 spiro atoms. The van der Waals surface area contributed by atoms with Gasteiger partial charge < -0.3 is 19.5 Å². The van der Waals surface area contributed by atoms with E-state index < -0.39 is 12.1 Å². The van der Waals surface area contributed by atoms with Gasteiger partial charge in [0.2, 0.25) is 0 Å². The van der Waals surface area contributed by atoms with Crippen LogP contribution in [-0.4, -0.2) is 31.7 Å². The number of benzene rings is 2. The number of carbonyl (C=O) groups excluding carboxylic acids is 2. The molecule has 0 aromatic heterocycles. The Labute approximate surface area is 184 Å². The topological polar surface area (TPSA) is 73.9 Å². The minimum absolute atomic E-state index is 0.247. The highest BCUT2D eigenvalue weighted by molar-refractivity contribution is 5.98. The molecule has 2 rings (SSSR count). The second-order valence-corrected chi connectivity index (χ2v) is 8.30. The highest BCUT2D eigenvalue weighted by atomic mass is 16.5. The number of ether oxygens (including phenoxy) is 3. The van der Waals surface area contributed by atoms with Gasteiger partial charge in [-0.1, -0.05) is 45.9 Å². The molecular formula is C25H33NO5. The van der Waals surface area contributed by atoms with Crippen LogP contribution in [0.5, 0.6) is 11.5 Å². The molecular weight excluding hydrogens is 394 g/mol. The molecule has 0 heterocycles. The molecule has 1 N–H and O–H groups in total. The number of esters is 1. The summed E-state index contributed by atoms with van der Waals surface area (Å²) in [5, 5.41) is 2.91. The number of nitrogens with one attached hydrogen (secondary N) is 1. The van der Waals surface area contributed by atoms with Gasteiger partial charge in [0.25, 0.3) is 5.91 Å². The van der Waals surface area contributed by atoms with Gasteiger partial charge in [0.1, 0.15) is 0 Å². The first-order chi connectivity index (χ1) is 14.6. The number of anilines is 1. The van der Waals surface area contributed by atoms with Crippen LogP contribution in [-0.2, 0) is 9.53 Å². The van der Waals surface area contributed by atoms with Gasteiger partial charge in [0, 0.05) is 5.69 Å². The number of hydrogen-bond acceptors (Lipinski definition) is 5. The number of hydrogen-bond donors (Lipinski definition) is 1. The Morgan fingerprint density at radius 1 is 1.00 bits per heavy atom. The molecule has 0 aliphatic carbocycles. The summed E-state index contributed by atoms with van der Waals surface area (Å²) < 4.78 is 16.4. The zero-order valence-electron chi connectivity index (χ0n) is 19.4. The van der Waals surface area contributed by atoms with Gasteiger partial charge in [-0.15, -0.1) is 0 Å². The lowest BCUT2D eigenvalue weighted by atomic mass is 9.98. The maximum absolute atomic E-state index is 12.7. The fraction of sp³-hybridized carbons (Fsp3) is 0.440. The van der Waals surface area contributed by atoms with E-state index >= 15 is 0 Å². The number of aryl methyl sites for hydroxylation is 1. The monoisotopic (exact) mass is 427 g/mol. The summed E-state index contributed by atoms with van der Waals surface area (Å²) in [6.07, 6.45) is -0.963. The van der Waals surface area contributed by atoms with Gasteiger partial charge >= 0.3 is 5.97 Å². The summed E-state index contributed by atoms with van der Waals surface area (Å²) in [7, 11) is 1.51. The number of para-hydroxylation sites is 1. The summed E-state index contributed by atoms with van der Waals surface area (Å²) >= 11 is 0. The summed E-state index contributed by atoms with van der Waals surface area (Å²) in [4.78, 5) is 25.3. The van der Waals surface area contributed by atoms with Crippen molar-refractivity contribution in [2.75, 3.05) is 19.0 Å². The predicted molar refractivity (Wildman–Crippen MR) is 122 cm³/mol. The van der Waals surface area contributed by atoms with E-state index in [1.165, 1.54) is 7.11 Å². The highest BCUT2D eigenvalue weighted by Gasteiger charge is 2.22. The van der Waals surface area contributed by atoms with Crippen LogP contribution in [0.2, 0.25) is 0 Å². The Kier molecular flexibility index (Phi) is 8.48. The third kappa shape index (κ3) is 6.48. The number of carbonyl (C=O) groups is 2. The lowest BCUT2D eigenvalue weighted by molar-refractivity contribution is -0.123. The number of methoxy groups -OCH3 is 1. The Hall–Kier alpha value is -3.02. The van der Waals surface area contributed by atoms with Crippen molar-refractivity contribution in [1.29, 1.82) is 0 Å². The summed E-state index contributed by atoms with van der Waals surface area (Å²) in [5.41, 5.74) is 3.04. The number of rotatable bonds is 9. The quantitative estimate of drug-likeness (QED) is 0.547. The van der Waals surface area contributed by atoms with Crippen LogP contribution in [0.4, 0.5) is 5.69 Å². The van der Waals surface area contributed by atoms with Crippen LogP contribution in [0.3, 0.4) is 0 Å². The first-order valence-corrected chi connectivity index (χ1v) is 10.6. The largest absolute Gasteiger partial charge is 0.493 e. The lowest BCUT2D eigenvalue weighted by Crippen LogP contribution is -2.30. The minimum Gasteiger partial charge on any atom is -0.493 e. The van der Waals surface area contributed by atoms with E-state index in [9.17, 15) is 9.59 Å². The SMILES string of the molecule is COc1cc(C(=O)O[C@@H](C)C(=O)Nc2c(C)cccc2C(C)C)ccc1OCC(C)C. The molecule has 6 nitrogen and oxygen atoms in total. The van der Waals surface area contributed by atoms with Gasteiger partial charge in [-0.3, -0.25) is 4.79 Å². The molecule has 168 valence electrons. The van der Waals surface area contributed by atoms with Gasteiger partial charge in [-0.05, 0) is 55.0 Å². The van der Waals surface area contributed by atoms with Crippen LogP contribution >= 0.6 is 0 Å². The molecule has 2 aromatic rings. The van der Waals surface area contributed by atoms with E-state index in [2.05, 4.69) is 19.2 Å². The third-order valence-corrected chi connectivity index (χ3v) is 4.80. The van der Waals surface area contributed by atoms with E-state index in [1.807, 2.05) is 39.0 Å². The van der Waals surface area contributed by atoms with Crippen LogP contribution in [0.1, 0.15) is 62.0 Å². The zero-order chi connectivity index (χ0) is 23.1. The molecule has 1 atom stereocenters. The van der Waals surface area contributed by atoms with E-state index in [0.717, 1.165) is 16.8 Å². The van der Waals surface area contributed by atoms with Crippen LogP contribution in [0.25, 0.3) is 0 Å². The van der Waals surface area contributed by atoms with Crippen molar-refractivity contribution in [2.45, 2.75) is 53.6 Å². The van der Waals surface area contributed by atoms with Gasteiger partial charge in [0.05, 0.1) is 19.3 Å². The average molecular weight is 428 g/mol. The van der Waals surface area contributed by atoms with Crippen molar-refractivity contribution in [3.8, 4) is 11.5 Å². The first-order valence-electron chi connectivity index (χ1n) is 10.6. The minimum atomic E-state index is -0.963. The second-order valence-electron chi connectivity index (χ2n) is 8.30. The molecule has 0 fully saturated rings. The fourth-order valence-electron chi connectivity index (χ4n) is 3.02. The third-order valence-electron chi connectivity index (χ3n) is 4.80. The van der Waals surface area contributed by atoms with Crippen LogP contribution in [0.15, 0.2) is 36.4 Å². The zero-order valence-corrected chi connectivity index (χ0v) is 19.4. The van der Waals surface area contributed by atoms with Crippen LogP contribution < -0.4 is 14.8 Å². The molecule has 0 unspecified atom stereocenters. The van der Waals surface area contributed by atoms with E-state index in [0.29, 0.717) is 24.0 Å². The van der Waals surface area contributed by atoms with Crippen molar-refractivity contribution in [3.05, 3.63) is 53.1 Å². The molecule has 31 heavy (non-hydrogen) atoms. The van der Waals surface area contributed by atoms with Crippen molar-refractivity contribution in [2.24, 2.45) is 5.92 Å². The fourth-order valence-corrected chi connectivity index (χ4v) is 3.02. The normalized spacial score (nSPS) is 11.9. The summed E-state index contributed by atoms with van der Waals surface area (Å²) in [5.74, 6) is 0.613. The van der Waals surface area contributed by atoms with Gasteiger partial charge in [-0.2, -0.15) is 0 Å². The smallest absolute Gasteiger partial charge is 0.339 e. The standard InChI is InChI=1S/C25H33NO5/c1-15(2)14-30-21-12-11-19(13-22(21)29-7)25(28)31-18(6)24(27)26-23-17(5)9-8-10-20(23)16(3)4/h8-13,15-16,18H,14H2,1-7H3,(H,26,27)/t18-/m0/s1. The maximum atomic E-state index is 12.7.